The average molecular weight is 255 g/mol. The number of benzene rings is 1. The molecule has 2 aromatic rings. The van der Waals surface area contributed by atoms with E-state index in [4.69, 9.17) is 0 Å². The summed E-state index contributed by atoms with van der Waals surface area (Å²) in [4.78, 5) is 6.77. The predicted molar refractivity (Wildman–Crippen MR) is 80.2 cm³/mol. The number of anilines is 1. The highest BCUT2D eigenvalue weighted by Gasteiger charge is 2.07. The molecule has 0 radical (unpaired) electrons. The maximum absolute atomic E-state index is 4.49. The second-order valence-electron chi connectivity index (χ2n) is 4.55. The first-order chi connectivity index (χ1) is 9.33. The standard InChI is InChI=1S/C16H21N3/c1-3-19(13-14-7-5-4-6-8-14)16-11-15(12-17-2)9-10-18-16/h4-11,17H,3,12-13H2,1-2H3. The number of aromatic nitrogens is 1. The molecule has 0 saturated carbocycles. The van der Waals surface area contributed by atoms with Gasteiger partial charge >= 0.3 is 0 Å². The molecule has 0 amide bonds. The molecular formula is C16H21N3. The molecule has 3 nitrogen and oxygen atoms in total. The van der Waals surface area contributed by atoms with Gasteiger partial charge in [0.25, 0.3) is 0 Å². The van der Waals surface area contributed by atoms with E-state index in [2.05, 4.69) is 58.5 Å². The minimum atomic E-state index is 0.873. The normalized spacial score (nSPS) is 10.4. The van der Waals surface area contributed by atoms with Crippen LogP contribution < -0.4 is 10.2 Å². The number of nitrogens with one attached hydrogen (secondary N) is 1. The maximum Gasteiger partial charge on any atom is 0.129 e. The molecule has 1 N–H and O–H groups in total. The fourth-order valence-corrected chi connectivity index (χ4v) is 2.11. The van der Waals surface area contributed by atoms with Gasteiger partial charge in [-0.1, -0.05) is 30.3 Å². The lowest BCUT2D eigenvalue weighted by atomic mass is 10.2. The van der Waals surface area contributed by atoms with Gasteiger partial charge in [0.1, 0.15) is 5.82 Å². The molecule has 0 aliphatic heterocycles. The van der Waals surface area contributed by atoms with Crippen LogP contribution in [0.5, 0.6) is 0 Å². The highest BCUT2D eigenvalue weighted by atomic mass is 15.2. The van der Waals surface area contributed by atoms with Crippen LogP contribution >= 0.6 is 0 Å². The molecule has 1 aromatic heterocycles. The molecule has 0 spiro atoms. The summed E-state index contributed by atoms with van der Waals surface area (Å²) in [5, 5.41) is 3.17. The van der Waals surface area contributed by atoms with Crippen molar-refractivity contribution < 1.29 is 0 Å². The summed E-state index contributed by atoms with van der Waals surface area (Å²) in [6.45, 7) is 4.88. The van der Waals surface area contributed by atoms with Crippen LogP contribution in [0.4, 0.5) is 5.82 Å². The first kappa shape index (κ1) is 13.6. The van der Waals surface area contributed by atoms with Crippen molar-refractivity contribution in [3.8, 4) is 0 Å². The Bertz CT molecular complexity index is 496. The van der Waals surface area contributed by atoms with E-state index in [9.17, 15) is 0 Å². The third-order valence-electron chi connectivity index (χ3n) is 3.11. The molecule has 1 aromatic carbocycles. The van der Waals surface area contributed by atoms with Gasteiger partial charge in [-0.2, -0.15) is 0 Å². The lowest BCUT2D eigenvalue weighted by molar-refractivity contribution is 0.794. The van der Waals surface area contributed by atoms with Crippen molar-refractivity contribution in [2.45, 2.75) is 20.0 Å². The second kappa shape index (κ2) is 6.90. The average Bonchev–Trinajstić information content (AvgIpc) is 2.46. The molecule has 3 heteroatoms. The van der Waals surface area contributed by atoms with Gasteiger partial charge in [0.2, 0.25) is 0 Å². The molecule has 0 bridgehead atoms. The van der Waals surface area contributed by atoms with Crippen LogP contribution in [0.3, 0.4) is 0 Å². The Hall–Kier alpha value is -1.87. The van der Waals surface area contributed by atoms with E-state index in [-0.39, 0.29) is 0 Å². The molecule has 0 atom stereocenters. The van der Waals surface area contributed by atoms with E-state index in [1.54, 1.807) is 0 Å². The minimum absolute atomic E-state index is 0.873. The Balaban J connectivity index is 2.15. The van der Waals surface area contributed by atoms with Crippen LogP contribution in [0.25, 0.3) is 0 Å². The molecule has 1 heterocycles. The summed E-state index contributed by atoms with van der Waals surface area (Å²) in [5.74, 6) is 1.04. The van der Waals surface area contributed by atoms with Crippen molar-refractivity contribution in [2.75, 3.05) is 18.5 Å². The summed E-state index contributed by atoms with van der Waals surface area (Å²) in [5.41, 5.74) is 2.57. The lowest BCUT2D eigenvalue weighted by Crippen LogP contribution is -2.23. The van der Waals surface area contributed by atoms with Crippen molar-refractivity contribution in [3.05, 3.63) is 59.8 Å². The lowest BCUT2D eigenvalue weighted by Gasteiger charge is -2.22. The fourth-order valence-electron chi connectivity index (χ4n) is 2.11. The molecule has 0 fully saturated rings. The van der Waals surface area contributed by atoms with E-state index in [1.165, 1.54) is 11.1 Å². The monoisotopic (exact) mass is 255 g/mol. The summed E-state index contributed by atoms with van der Waals surface area (Å²) >= 11 is 0. The molecule has 0 saturated heterocycles. The third kappa shape index (κ3) is 3.80. The number of hydrogen-bond acceptors (Lipinski definition) is 3. The molecule has 2 rings (SSSR count). The van der Waals surface area contributed by atoms with Crippen LogP contribution in [0, 0.1) is 0 Å². The van der Waals surface area contributed by atoms with E-state index >= 15 is 0 Å². The second-order valence-corrected chi connectivity index (χ2v) is 4.55. The summed E-state index contributed by atoms with van der Waals surface area (Å²) in [7, 11) is 1.96. The zero-order valence-corrected chi connectivity index (χ0v) is 11.6. The van der Waals surface area contributed by atoms with Gasteiger partial charge in [-0.25, -0.2) is 4.98 Å². The molecule has 0 aliphatic carbocycles. The smallest absolute Gasteiger partial charge is 0.129 e. The number of nitrogens with zero attached hydrogens (tertiary/aromatic N) is 2. The van der Waals surface area contributed by atoms with Gasteiger partial charge < -0.3 is 10.2 Å². The number of rotatable bonds is 6. The van der Waals surface area contributed by atoms with Crippen molar-refractivity contribution in [3.63, 3.8) is 0 Å². The Labute approximate surface area is 115 Å². The molecule has 19 heavy (non-hydrogen) atoms. The van der Waals surface area contributed by atoms with Gasteiger partial charge in [0.15, 0.2) is 0 Å². The van der Waals surface area contributed by atoms with E-state index in [0.29, 0.717) is 0 Å². The van der Waals surface area contributed by atoms with E-state index < -0.39 is 0 Å². The quantitative estimate of drug-likeness (QED) is 0.860. The summed E-state index contributed by atoms with van der Waals surface area (Å²) in [6.07, 6.45) is 1.88. The minimum Gasteiger partial charge on any atom is -0.353 e. The zero-order chi connectivity index (χ0) is 13.5. The number of pyridine rings is 1. The predicted octanol–water partition coefficient (Wildman–Crippen LogP) is 2.83. The largest absolute Gasteiger partial charge is 0.353 e. The van der Waals surface area contributed by atoms with Crippen LogP contribution in [0.2, 0.25) is 0 Å². The van der Waals surface area contributed by atoms with Crippen molar-refractivity contribution in [1.29, 1.82) is 0 Å². The van der Waals surface area contributed by atoms with Gasteiger partial charge in [-0.05, 0) is 37.2 Å². The van der Waals surface area contributed by atoms with E-state index in [1.807, 2.05) is 19.3 Å². The first-order valence-electron chi connectivity index (χ1n) is 6.72. The molecule has 0 aliphatic rings. The Morgan fingerprint density at radius 1 is 1.11 bits per heavy atom. The van der Waals surface area contributed by atoms with Crippen LogP contribution in [-0.4, -0.2) is 18.6 Å². The van der Waals surface area contributed by atoms with Crippen molar-refractivity contribution >= 4 is 5.82 Å². The van der Waals surface area contributed by atoms with Crippen molar-refractivity contribution in [2.24, 2.45) is 0 Å². The fraction of sp³-hybridized carbons (Fsp3) is 0.312. The highest BCUT2D eigenvalue weighted by molar-refractivity contribution is 5.41. The van der Waals surface area contributed by atoms with Gasteiger partial charge in [-0.3, -0.25) is 0 Å². The summed E-state index contributed by atoms with van der Waals surface area (Å²) in [6, 6.07) is 14.7. The first-order valence-corrected chi connectivity index (χ1v) is 6.72. The molecular weight excluding hydrogens is 234 g/mol. The molecule has 100 valence electrons. The van der Waals surface area contributed by atoms with Gasteiger partial charge in [-0.15, -0.1) is 0 Å². The highest BCUT2D eigenvalue weighted by Crippen LogP contribution is 2.15. The summed E-state index contributed by atoms with van der Waals surface area (Å²) < 4.78 is 0. The van der Waals surface area contributed by atoms with Crippen LogP contribution in [0.15, 0.2) is 48.7 Å². The van der Waals surface area contributed by atoms with Gasteiger partial charge in [0, 0.05) is 25.8 Å². The van der Waals surface area contributed by atoms with Crippen LogP contribution in [0.1, 0.15) is 18.1 Å². The SMILES string of the molecule is CCN(Cc1ccccc1)c1cc(CNC)ccn1. The van der Waals surface area contributed by atoms with E-state index in [0.717, 1.165) is 25.5 Å². The topological polar surface area (TPSA) is 28.2 Å². The number of hydrogen-bond donors (Lipinski definition) is 1. The van der Waals surface area contributed by atoms with Gasteiger partial charge in [0.05, 0.1) is 0 Å². The molecule has 0 unspecified atom stereocenters. The maximum atomic E-state index is 4.49. The van der Waals surface area contributed by atoms with Crippen LogP contribution in [-0.2, 0) is 13.1 Å². The Morgan fingerprint density at radius 2 is 1.89 bits per heavy atom. The third-order valence-corrected chi connectivity index (χ3v) is 3.11. The Kier molecular flexibility index (Phi) is 4.93. The zero-order valence-electron chi connectivity index (χ0n) is 11.6. The Morgan fingerprint density at radius 3 is 2.58 bits per heavy atom. The van der Waals surface area contributed by atoms with Crippen molar-refractivity contribution in [1.82, 2.24) is 10.3 Å².